The molecule has 3 aromatic rings. The number of nitrogens with zero attached hydrogens (tertiary/aromatic N) is 2. The standard InChI is InChI=1S/C17H20N4O4S3/c1-12(2)21-27(22,23)11-14-7-4-3-6-13(14)10-18-28(24,25)16-9-5-8-15-17(16)20-26-19-15/h3-9,12,18,21H,10-11H2,1-2H3. The van der Waals surface area contributed by atoms with Gasteiger partial charge in [0.05, 0.1) is 17.5 Å². The maximum Gasteiger partial charge on any atom is 0.243 e. The SMILES string of the molecule is CC(C)NS(=O)(=O)Cc1ccccc1CNS(=O)(=O)c1cccc2nsnc12. The van der Waals surface area contributed by atoms with Crippen LogP contribution >= 0.6 is 11.7 Å². The monoisotopic (exact) mass is 440 g/mol. The van der Waals surface area contributed by atoms with Gasteiger partial charge in [0.15, 0.2) is 0 Å². The van der Waals surface area contributed by atoms with Gasteiger partial charge in [-0.05, 0) is 37.1 Å². The molecule has 0 unspecified atom stereocenters. The van der Waals surface area contributed by atoms with Crippen LogP contribution in [0.3, 0.4) is 0 Å². The Morgan fingerprint density at radius 2 is 1.68 bits per heavy atom. The zero-order valence-corrected chi connectivity index (χ0v) is 17.7. The molecule has 0 radical (unpaired) electrons. The first-order valence-electron chi connectivity index (χ1n) is 8.46. The molecular weight excluding hydrogens is 420 g/mol. The van der Waals surface area contributed by atoms with Gasteiger partial charge >= 0.3 is 0 Å². The van der Waals surface area contributed by atoms with E-state index in [1.165, 1.54) is 6.07 Å². The van der Waals surface area contributed by atoms with Crippen LogP contribution in [0.5, 0.6) is 0 Å². The lowest BCUT2D eigenvalue weighted by Gasteiger charge is -2.13. The summed E-state index contributed by atoms with van der Waals surface area (Å²) in [4.78, 5) is 0.0466. The molecule has 1 aromatic heterocycles. The van der Waals surface area contributed by atoms with E-state index in [1.807, 2.05) is 0 Å². The highest BCUT2D eigenvalue weighted by molar-refractivity contribution is 7.89. The minimum Gasteiger partial charge on any atom is -0.212 e. The van der Waals surface area contributed by atoms with Crippen LogP contribution in [0, 0.1) is 0 Å². The summed E-state index contributed by atoms with van der Waals surface area (Å²) in [6.45, 7) is 3.45. The maximum absolute atomic E-state index is 12.8. The molecule has 0 saturated carbocycles. The van der Waals surface area contributed by atoms with Crippen LogP contribution in [0.25, 0.3) is 11.0 Å². The Bertz CT molecular complexity index is 1190. The molecule has 0 aliphatic rings. The van der Waals surface area contributed by atoms with Gasteiger partial charge in [0.1, 0.15) is 15.9 Å². The summed E-state index contributed by atoms with van der Waals surface area (Å²) in [5.41, 5.74) is 1.95. The second-order valence-corrected chi connectivity index (χ2v) is 10.5. The van der Waals surface area contributed by atoms with Gasteiger partial charge in [-0.25, -0.2) is 26.3 Å². The van der Waals surface area contributed by atoms with Crippen molar-refractivity contribution >= 4 is 42.8 Å². The number of fused-ring (bicyclic) bond motifs is 1. The van der Waals surface area contributed by atoms with E-state index >= 15 is 0 Å². The lowest BCUT2D eigenvalue weighted by molar-refractivity contribution is 0.568. The molecule has 0 spiro atoms. The summed E-state index contributed by atoms with van der Waals surface area (Å²) in [5, 5.41) is 0. The van der Waals surface area contributed by atoms with Gasteiger partial charge < -0.3 is 0 Å². The fourth-order valence-electron chi connectivity index (χ4n) is 2.73. The van der Waals surface area contributed by atoms with Crippen LogP contribution in [0.2, 0.25) is 0 Å². The summed E-state index contributed by atoms with van der Waals surface area (Å²) >= 11 is 0.945. The molecule has 0 saturated heterocycles. The average Bonchev–Trinajstić information content (AvgIpc) is 3.08. The van der Waals surface area contributed by atoms with Crippen molar-refractivity contribution in [1.82, 2.24) is 18.2 Å². The van der Waals surface area contributed by atoms with Crippen LogP contribution in [-0.4, -0.2) is 31.6 Å². The normalized spacial score (nSPS) is 12.7. The minimum absolute atomic E-state index is 0.0380. The molecule has 0 atom stereocenters. The first kappa shape index (κ1) is 20.8. The third-order valence-electron chi connectivity index (χ3n) is 3.87. The molecule has 11 heteroatoms. The van der Waals surface area contributed by atoms with E-state index in [2.05, 4.69) is 18.2 Å². The van der Waals surface area contributed by atoms with Gasteiger partial charge in [-0.3, -0.25) is 0 Å². The van der Waals surface area contributed by atoms with Crippen molar-refractivity contribution in [2.75, 3.05) is 0 Å². The number of benzene rings is 2. The van der Waals surface area contributed by atoms with Crippen LogP contribution in [0.15, 0.2) is 47.4 Å². The lowest BCUT2D eigenvalue weighted by Crippen LogP contribution is -2.32. The van der Waals surface area contributed by atoms with Gasteiger partial charge in [0.25, 0.3) is 0 Å². The molecule has 28 heavy (non-hydrogen) atoms. The molecule has 0 amide bonds. The topological polar surface area (TPSA) is 118 Å². The number of rotatable bonds is 8. The third-order valence-corrected chi connectivity index (χ3v) is 7.37. The molecule has 2 aromatic carbocycles. The van der Waals surface area contributed by atoms with Gasteiger partial charge in [-0.15, -0.1) is 0 Å². The maximum atomic E-state index is 12.8. The lowest BCUT2D eigenvalue weighted by atomic mass is 10.1. The zero-order chi connectivity index (χ0) is 20.4. The Morgan fingerprint density at radius 3 is 2.39 bits per heavy atom. The van der Waals surface area contributed by atoms with E-state index in [1.54, 1.807) is 50.2 Å². The van der Waals surface area contributed by atoms with Crippen molar-refractivity contribution in [3.05, 3.63) is 53.6 Å². The number of sulfonamides is 2. The fraction of sp³-hybridized carbons (Fsp3) is 0.294. The summed E-state index contributed by atoms with van der Waals surface area (Å²) in [5.74, 6) is -0.228. The molecule has 0 fully saturated rings. The molecule has 0 bridgehead atoms. The van der Waals surface area contributed by atoms with Crippen molar-refractivity contribution in [1.29, 1.82) is 0 Å². The molecule has 0 aliphatic carbocycles. The molecule has 0 aliphatic heterocycles. The smallest absolute Gasteiger partial charge is 0.212 e. The van der Waals surface area contributed by atoms with Gasteiger partial charge in [0.2, 0.25) is 20.0 Å². The van der Waals surface area contributed by atoms with E-state index in [0.29, 0.717) is 22.2 Å². The number of aromatic nitrogens is 2. The Morgan fingerprint density at radius 1 is 0.964 bits per heavy atom. The largest absolute Gasteiger partial charge is 0.243 e. The minimum atomic E-state index is -3.85. The van der Waals surface area contributed by atoms with E-state index in [0.717, 1.165) is 11.7 Å². The van der Waals surface area contributed by atoms with Crippen LogP contribution in [0.1, 0.15) is 25.0 Å². The number of hydrogen-bond acceptors (Lipinski definition) is 7. The van der Waals surface area contributed by atoms with Gasteiger partial charge in [0, 0.05) is 12.6 Å². The first-order valence-corrected chi connectivity index (χ1v) is 12.3. The highest BCUT2D eigenvalue weighted by atomic mass is 32.2. The predicted octanol–water partition coefficient (Wildman–Crippen LogP) is 2.00. The van der Waals surface area contributed by atoms with Crippen LogP contribution in [0.4, 0.5) is 0 Å². The van der Waals surface area contributed by atoms with Gasteiger partial charge in [-0.1, -0.05) is 30.3 Å². The first-order chi connectivity index (χ1) is 13.2. The predicted molar refractivity (Wildman–Crippen MR) is 109 cm³/mol. The Labute approximate surface area is 168 Å². The van der Waals surface area contributed by atoms with E-state index < -0.39 is 20.0 Å². The van der Waals surface area contributed by atoms with E-state index in [9.17, 15) is 16.8 Å². The molecule has 150 valence electrons. The Hall–Kier alpha value is -1.92. The molecule has 8 nitrogen and oxygen atoms in total. The number of nitrogens with one attached hydrogen (secondary N) is 2. The zero-order valence-electron chi connectivity index (χ0n) is 15.3. The number of hydrogen-bond donors (Lipinski definition) is 2. The highest BCUT2D eigenvalue weighted by Crippen LogP contribution is 2.21. The fourth-order valence-corrected chi connectivity index (χ4v) is 5.99. The highest BCUT2D eigenvalue weighted by Gasteiger charge is 2.21. The van der Waals surface area contributed by atoms with Crippen LogP contribution < -0.4 is 9.44 Å². The van der Waals surface area contributed by atoms with Crippen molar-refractivity contribution in [2.45, 2.75) is 37.1 Å². The molecule has 1 heterocycles. The quantitative estimate of drug-likeness (QED) is 0.553. The van der Waals surface area contributed by atoms with Crippen molar-refractivity contribution < 1.29 is 16.8 Å². The summed E-state index contributed by atoms with van der Waals surface area (Å²) in [6, 6.07) is 11.4. The summed E-state index contributed by atoms with van der Waals surface area (Å²) < 4.78 is 63.2. The molecular formula is C17H20N4O4S3. The van der Waals surface area contributed by atoms with E-state index in [4.69, 9.17) is 0 Å². The van der Waals surface area contributed by atoms with Crippen molar-refractivity contribution in [2.24, 2.45) is 0 Å². The second kappa shape index (κ2) is 8.21. The second-order valence-electron chi connectivity index (χ2n) is 6.51. The van der Waals surface area contributed by atoms with Gasteiger partial charge in [-0.2, -0.15) is 8.75 Å². The third kappa shape index (κ3) is 4.92. The Kier molecular flexibility index (Phi) is 6.10. The molecule has 3 rings (SSSR count). The summed E-state index contributed by atoms with van der Waals surface area (Å²) in [7, 11) is -7.37. The van der Waals surface area contributed by atoms with Crippen LogP contribution in [-0.2, 0) is 32.3 Å². The van der Waals surface area contributed by atoms with Crippen molar-refractivity contribution in [3.8, 4) is 0 Å². The average molecular weight is 441 g/mol. The summed E-state index contributed by atoms with van der Waals surface area (Å²) in [6.07, 6.45) is 0. The van der Waals surface area contributed by atoms with Crippen molar-refractivity contribution in [3.63, 3.8) is 0 Å². The molecule has 2 N–H and O–H groups in total. The van der Waals surface area contributed by atoms with E-state index in [-0.39, 0.29) is 23.2 Å². The Balaban J connectivity index is 1.82.